The zero-order valence-corrected chi connectivity index (χ0v) is 4.43. The minimum absolute atomic E-state index is 0. The molecule has 0 aromatic heterocycles. The summed E-state index contributed by atoms with van der Waals surface area (Å²) in [5.41, 5.74) is 0. The molecule has 0 heterocycles. The van der Waals surface area contributed by atoms with Gasteiger partial charge in [0.15, 0.2) is 0 Å². The van der Waals surface area contributed by atoms with Gasteiger partial charge < -0.3 is 5.11 Å². The average Bonchev–Trinajstić information content (AvgIpc) is 1.37. The fraction of sp³-hybridized carbons (Fsp3) is 1.00. The minimum Gasteiger partial charge on any atom is -0.396 e. The molecule has 0 aromatic rings. The summed E-state index contributed by atoms with van der Waals surface area (Å²) in [5, 5.41) is 7.80. The molecule has 0 amide bonds. The molecule has 0 spiro atoms. The van der Waals surface area contributed by atoms with Crippen molar-refractivity contribution >= 4 is 25.0 Å². The standard InChI is InChI=1S/C2H6OS.ClH/c3-1-2-4;/h3-4H,1-2H2;1H. The van der Waals surface area contributed by atoms with E-state index in [0.29, 0.717) is 5.75 Å². The summed E-state index contributed by atoms with van der Waals surface area (Å²) in [6.07, 6.45) is 0. The van der Waals surface area contributed by atoms with E-state index in [4.69, 9.17) is 5.11 Å². The average molecular weight is 115 g/mol. The van der Waals surface area contributed by atoms with Gasteiger partial charge in [-0.2, -0.15) is 12.6 Å². The summed E-state index contributed by atoms with van der Waals surface area (Å²) >= 11 is 3.67. The Kier molecular flexibility index (Phi) is 16.1. The lowest BCUT2D eigenvalue weighted by Gasteiger charge is -1.69. The van der Waals surface area contributed by atoms with E-state index in [9.17, 15) is 0 Å². The number of hydrogen-bond acceptors (Lipinski definition) is 2. The zero-order valence-electron chi connectivity index (χ0n) is 2.72. The monoisotopic (exact) mass is 114 g/mol. The van der Waals surface area contributed by atoms with Gasteiger partial charge in [-0.05, 0) is 0 Å². The third kappa shape index (κ3) is 12.1. The molecule has 0 aromatic carbocycles. The molecule has 5 heavy (non-hydrogen) atoms. The normalized spacial score (nSPS) is 6.00. The van der Waals surface area contributed by atoms with Crippen LogP contribution in [0.3, 0.4) is 0 Å². The quantitative estimate of drug-likeness (QED) is 0.471. The number of aliphatic hydroxyl groups is 1. The van der Waals surface area contributed by atoms with E-state index >= 15 is 0 Å². The van der Waals surface area contributed by atoms with Gasteiger partial charge in [0.1, 0.15) is 0 Å². The smallest absolute Gasteiger partial charge is 0.0519 e. The van der Waals surface area contributed by atoms with E-state index < -0.39 is 0 Å². The molecule has 0 fully saturated rings. The lowest BCUT2D eigenvalue weighted by Crippen LogP contribution is -1.76. The molecule has 0 radical (unpaired) electrons. The van der Waals surface area contributed by atoms with Gasteiger partial charge >= 0.3 is 0 Å². The predicted octanol–water partition coefficient (Wildman–Crippen LogP) is 0.330. The van der Waals surface area contributed by atoms with Crippen molar-refractivity contribution in [3.05, 3.63) is 0 Å². The fourth-order valence-electron chi connectivity index (χ4n) is 0. The van der Waals surface area contributed by atoms with E-state index in [2.05, 4.69) is 12.6 Å². The molecule has 0 saturated carbocycles. The highest BCUT2D eigenvalue weighted by Crippen LogP contribution is 1.61. The molecular weight excluding hydrogens is 108 g/mol. The van der Waals surface area contributed by atoms with Gasteiger partial charge in [-0.15, -0.1) is 12.4 Å². The molecule has 0 rings (SSSR count). The molecule has 1 nitrogen and oxygen atoms in total. The van der Waals surface area contributed by atoms with Gasteiger partial charge in [-0.3, -0.25) is 0 Å². The Bertz CT molecular complexity index is 11.6. The van der Waals surface area contributed by atoms with Crippen molar-refractivity contribution in [2.45, 2.75) is 0 Å². The lowest BCUT2D eigenvalue weighted by molar-refractivity contribution is 0.323. The highest BCUT2D eigenvalue weighted by atomic mass is 35.5. The first-order chi connectivity index (χ1) is 1.91. The summed E-state index contributed by atoms with van der Waals surface area (Å²) in [5.74, 6) is 0.569. The van der Waals surface area contributed by atoms with Gasteiger partial charge in [-0.1, -0.05) is 0 Å². The topological polar surface area (TPSA) is 20.2 Å². The molecule has 0 saturated heterocycles. The molecule has 0 bridgehead atoms. The van der Waals surface area contributed by atoms with E-state index in [1.165, 1.54) is 0 Å². The molecule has 1 N–H and O–H groups in total. The Hall–Kier alpha value is 0.600. The Morgan fingerprint density at radius 3 is 1.80 bits per heavy atom. The van der Waals surface area contributed by atoms with E-state index in [-0.39, 0.29) is 19.0 Å². The summed E-state index contributed by atoms with van der Waals surface area (Å²) in [6, 6.07) is 0. The van der Waals surface area contributed by atoms with Crippen molar-refractivity contribution in [2.24, 2.45) is 0 Å². The Labute approximate surface area is 43.2 Å². The van der Waals surface area contributed by atoms with E-state index in [1.54, 1.807) is 0 Å². The second-order valence-electron chi connectivity index (χ2n) is 0.447. The van der Waals surface area contributed by atoms with Crippen LogP contribution in [0.15, 0.2) is 0 Å². The van der Waals surface area contributed by atoms with Crippen molar-refractivity contribution in [3.8, 4) is 0 Å². The van der Waals surface area contributed by atoms with Crippen LogP contribution in [0.5, 0.6) is 0 Å². The second-order valence-corrected chi connectivity index (χ2v) is 0.894. The van der Waals surface area contributed by atoms with Crippen LogP contribution in [-0.2, 0) is 0 Å². The first-order valence-corrected chi connectivity index (χ1v) is 1.76. The minimum atomic E-state index is 0. The highest BCUT2D eigenvalue weighted by molar-refractivity contribution is 7.80. The maximum Gasteiger partial charge on any atom is 0.0519 e. The van der Waals surface area contributed by atoms with Crippen LogP contribution in [0.2, 0.25) is 0 Å². The maximum atomic E-state index is 7.80. The van der Waals surface area contributed by atoms with Crippen LogP contribution in [0, 0.1) is 0 Å². The molecular formula is C2H7ClOS. The van der Waals surface area contributed by atoms with Crippen LogP contribution < -0.4 is 0 Å². The summed E-state index contributed by atoms with van der Waals surface area (Å²) in [6.45, 7) is 0.184. The maximum absolute atomic E-state index is 7.80. The first-order valence-electron chi connectivity index (χ1n) is 1.13. The van der Waals surface area contributed by atoms with Gasteiger partial charge in [0.05, 0.1) is 6.61 Å². The largest absolute Gasteiger partial charge is 0.396 e. The van der Waals surface area contributed by atoms with Crippen molar-refractivity contribution in [3.63, 3.8) is 0 Å². The zero-order chi connectivity index (χ0) is 3.41. The van der Waals surface area contributed by atoms with Gasteiger partial charge in [0.2, 0.25) is 0 Å². The van der Waals surface area contributed by atoms with Gasteiger partial charge in [0.25, 0.3) is 0 Å². The van der Waals surface area contributed by atoms with Crippen molar-refractivity contribution in [1.82, 2.24) is 0 Å². The van der Waals surface area contributed by atoms with Crippen LogP contribution >= 0.6 is 25.0 Å². The van der Waals surface area contributed by atoms with Crippen LogP contribution in [-0.4, -0.2) is 17.5 Å². The van der Waals surface area contributed by atoms with Gasteiger partial charge in [-0.25, -0.2) is 0 Å². The Morgan fingerprint density at radius 2 is 1.80 bits per heavy atom. The molecule has 0 aliphatic heterocycles. The first kappa shape index (κ1) is 9.14. The predicted molar refractivity (Wildman–Crippen MR) is 28.2 cm³/mol. The van der Waals surface area contributed by atoms with Crippen LogP contribution in [0.4, 0.5) is 0 Å². The molecule has 3 heteroatoms. The van der Waals surface area contributed by atoms with E-state index in [0.717, 1.165) is 0 Å². The number of rotatable bonds is 1. The lowest BCUT2D eigenvalue weighted by atomic mass is 10.9. The molecule has 0 aliphatic rings. The third-order valence-corrected chi connectivity index (χ3v) is 0.300. The van der Waals surface area contributed by atoms with Crippen molar-refractivity contribution in [1.29, 1.82) is 0 Å². The number of thiol groups is 1. The fourth-order valence-corrected chi connectivity index (χ4v) is 0. The van der Waals surface area contributed by atoms with Crippen LogP contribution in [0.25, 0.3) is 0 Å². The van der Waals surface area contributed by atoms with Crippen molar-refractivity contribution < 1.29 is 5.11 Å². The molecule has 0 unspecified atom stereocenters. The SMILES string of the molecule is Cl.OCCS. The Morgan fingerprint density at radius 1 is 1.60 bits per heavy atom. The molecule has 0 atom stereocenters. The van der Waals surface area contributed by atoms with E-state index in [1.807, 2.05) is 0 Å². The number of aliphatic hydroxyl groups excluding tert-OH is 1. The van der Waals surface area contributed by atoms with Crippen LogP contribution in [0.1, 0.15) is 0 Å². The summed E-state index contributed by atoms with van der Waals surface area (Å²) < 4.78 is 0. The summed E-state index contributed by atoms with van der Waals surface area (Å²) in [4.78, 5) is 0. The van der Waals surface area contributed by atoms with Gasteiger partial charge in [0, 0.05) is 5.75 Å². The molecule has 0 aliphatic carbocycles. The Balaban J connectivity index is 0. The second kappa shape index (κ2) is 8.82. The third-order valence-electron chi connectivity index (χ3n) is 0.1000. The van der Waals surface area contributed by atoms with Crippen molar-refractivity contribution in [2.75, 3.05) is 12.4 Å². The highest BCUT2D eigenvalue weighted by Gasteiger charge is 1.57. The molecule has 34 valence electrons. The number of hydrogen-bond donors (Lipinski definition) is 2. The number of halogens is 1. The summed E-state index contributed by atoms with van der Waals surface area (Å²) in [7, 11) is 0.